The van der Waals surface area contributed by atoms with Crippen LogP contribution in [0, 0.1) is 11.3 Å². The summed E-state index contributed by atoms with van der Waals surface area (Å²) in [6, 6.07) is 7.54. The lowest BCUT2D eigenvalue weighted by molar-refractivity contribution is -0.139. The molecule has 1 aromatic carbocycles. The van der Waals surface area contributed by atoms with Crippen LogP contribution in [0.15, 0.2) is 24.3 Å². The van der Waals surface area contributed by atoms with E-state index in [2.05, 4.69) is 0 Å². The zero-order valence-corrected chi connectivity index (χ0v) is 8.77. The van der Waals surface area contributed by atoms with Gasteiger partial charge in [-0.25, -0.2) is 0 Å². The number of fused-ring (bicyclic) bond motifs is 1. The number of Topliss-reactive ketones (excluding diaryl/α,β-unsaturated/α-hetero) is 1. The highest BCUT2D eigenvalue weighted by atomic mass is 16.4. The van der Waals surface area contributed by atoms with E-state index in [1.54, 1.807) is 0 Å². The Morgan fingerprint density at radius 3 is 2.81 bits per heavy atom. The normalized spacial score (nSPS) is 31.2. The highest BCUT2D eigenvalue weighted by Crippen LogP contribution is 2.59. The lowest BCUT2D eigenvalue weighted by Gasteiger charge is -2.23. The van der Waals surface area contributed by atoms with Crippen molar-refractivity contribution in [2.75, 3.05) is 0 Å². The molecule has 0 bridgehead atoms. The summed E-state index contributed by atoms with van der Waals surface area (Å²) < 4.78 is 0. The minimum atomic E-state index is -0.826. The zero-order chi connectivity index (χ0) is 11.3. The summed E-state index contributed by atoms with van der Waals surface area (Å²) >= 11 is 0. The molecule has 2 aliphatic carbocycles. The van der Waals surface area contributed by atoms with Gasteiger partial charge >= 0.3 is 5.97 Å². The third-order valence-electron chi connectivity index (χ3n) is 3.93. The molecule has 3 rings (SSSR count). The Labute approximate surface area is 93.1 Å². The van der Waals surface area contributed by atoms with Crippen molar-refractivity contribution in [3.8, 4) is 0 Å². The van der Waals surface area contributed by atoms with Crippen molar-refractivity contribution in [3.05, 3.63) is 35.4 Å². The van der Waals surface area contributed by atoms with Crippen molar-refractivity contribution in [3.63, 3.8) is 0 Å². The van der Waals surface area contributed by atoms with Crippen LogP contribution in [0.2, 0.25) is 0 Å². The smallest absolute Gasteiger partial charge is 0.307 e. The number of hydrogen-bond donors (Lipinski definition) is 1. The summed E-state index contributed by atoms with van der Waals surface area (Å²) in [4.78, 5) is 23.2. The molecule has 0 radical (unpaired) electrons. The summed E-state index contributed by atoms with van der Waals surface area (Å²) in [6.45, 7) is 0. The third kappa shape index (κ3) is 1.08. The molecular weight excluding hydrogens is 204 g/mol. The van der Waals surface area contributed by atoms with Crippen molar-refractivity contribution in [1.29, 1.82) is 0 Å². The molecule has 82 valence electrons. The summed E-state index contributed by atoms with van der Waals surface area (Å²) in [5.41, 5.74) is 1.23. The summed E-state index contributed by atoms with van der Waals surface area (Å²) in [6.07, 6.45) is 2.04. The topological polar surface area (TPSA) is 54.4 Å². The number of aryl methyl sites for hydroxylation is 1. The van der Waals surface area contributed by atoms with E-state index in [9.17, 15) is 9.59 Å². The van der Waals surface area contributed by atoms with Crippen LogP contribution in [-0.2, 0) is 11.2 Å². The molecule has 2 aliphatic rings. The Morgan fingerprint density at radius 1 is 1.38 bits per heavy atom. The number of aliphatic carboxylic acids is 1. The molecular formula is C13H12O3. The van der Waals surface area contributed by atoms with E-state index >= 15 is 0 Å². The number of carboxylic acids is 1. The van der Waals surface area contributed by atoms with Gasteiger partial charge in [0.15, 0.2) is 5.78 Å². The molecule has 1 saturated carbocycles. The maximum absolute atomic E-state index is 12.3. The molecule has 3 nitrogen and oxygen atoms in total. The van der Waals surface area contributed by atoms with Crippen molar-refractivity contribution in [2.45, 2.75) is 19.3 Å². The minimum Gasteiger partial charge on any atom is -0.481 e. The first-order valence-electron chi connectivity index (χ1n) is 5.51. The number of hydrogen-bond acceptors (Lipinski definition) is 2. The van der Waals surface area contributed by atoms with Gasteiger partial charge in [0.25, 0.3) is 0 Å². The van der Waals surface area contributed by atoms with Crippen LogP contribution < -0.4 is 0 Å². The minimum absolute atomic E-state index is 0.0433. The number of ketones is 1. The van der Waals surface area contributed by atoms with Crippen LogP contribution >= 0.6 is 0 Å². The molecule has 1 spiro atoms. The Hall–Kier alpha value is -1.64. The van der Waals surface area contributed by atoms with Gasteiger partial charge < -0.3 is 5.11 Å². The monoisotopic (exact) mass is 216 g/mol. The number of carboxylic acid groups (broad SMARTS) is 1. The van der Waals surface area contributed by atoms with Crippen LogP contribution in [0.5, 0.6) is 0 Å². The van der Waals surface area contributed by atoms with Gasteiger partial charge in [0, 0.05) is 11.0 Å². The lowest BCUT2D eigenvalue weighted by Crippen LogP contribution is -2.27. The average molecular weight is 216 g/mol. The standard InChI is InChI=1S/C13H12O3/c14-11-9-4-2-1-3-8(9)5-6-13(11)7-10(13)12(15)16/h1-4,10H,5-7H2,(H,15,16)/t10-,13-/m1/s1. The largest absolute Gasteiger partial charge is 0.481 e. The highest BCUT2D eigenvalue weighted by molar-refractivity contribution is 6.07. The van der Waals surface area contributed by atoms with Gasteiger partial charge in [0.2, 0.25) is 0 Å². The molecule has 0 amide bonds. The zero-order valence-electron chi connectivity index (χ0n) is 8.77. The molecule has 0 aliphatic heterocycles. The van der Waals surface area contributed by atoms with Crippen LogP contribution in [0.1, 0.15) is 28.8 Å². The van der Waals surface area contributed by atoms with Crippen LogP contribution in [-0.4, -0.2) is 16.9 Å². The first kappa shape index (κ1) is 9.58. The first-order valence-corrected chi connectivity index (χ1v) is 5.51. The molecule has 16 heavy (non-hydrogen) atoms. The van der Waals surface area contributed by atoms with E-state index in [1.165, 1.54) is 0 Å². The Kier molecular flexibility index (Phi) is 1.76. The van der Waals surface area contributed by atoms with E-state index in [4.69, 9.17) is 5.11 Å². The van der Waals surface area contributed by atoms with Crippen molar-refractivity contribution < 1.29 is 14.7 Å². The summed E-state index contributed by atoms with van der Waals surface area (Å²) in [5, 5.41) is 8.98. The molecule has 3 heteroatoms. The van der Waals surface area contributed by atoms with E-state index in [0.717, 1.165) is 17.5 Å². The SMILES string of the molecule is O=C(O)[C@H]1C[C@]12CCc1ccccc1C2=O. The fourth-order valence-corrected chi connectivity index (χ4v) is 2.86. The number of carbonyl (C=O) groups excluding carboxylic acids is 1. The van der Waals surface area contributed by atoms with Crippen LogP contribution in [0.3, 0.4) is 0 Å². The van der Waals surface area contributed by atoms with Crippen molar-refractivity contribution in [1.82, 2.24) is 0 Å². The predicted molar refractivity (Wildman–Crippen MR) is 57.3 cm³/mol. The molecule has 1 fully saturated rings. The van der Waals surface area contributed by atoms with Gasteiger partial charge in [-0.15, -0.1) is 0 Å². The number of rotatable bonds is 1. The molecule has 0 saturated heterocycles. The van der Waals surface area contributed by atoms with Gasteiger partial charge in [-0.05, 0) is 24.8 Å². The molecule has 2 atom stereocenters. The summed E-state index contributed by atoms with van der Waals surface area (Å²) in [5.74, 6) is -1.23. The van der Waals surface area contributed by atoms with E-state index in [0.29, 0.717) is 12.8 Å². The lowest BCUT2D eigenvalue weighted by atomic mass is 9.79. The first-order chi connectivity index (χ1) is 7.65. The fraction of sp³-hybridized carbons (Fsp3) is 0.385. The predicted octanol–water partition coefficient (Wildman–Crippen LogP) is 1.91. The van der Waals surface area contributed by atoms with Crippen molar-refractivity contribution >= 4 is 11.8 Å². The Morgan fingerprint density at radius 2 is 2.12 bits per heavy atom. The van der Waals surface area contributed by atoms with Gasteiger partial charge in [-0.1, -0.05) is 24.3 Å². The highest BCUT2D eigenvalue weighted by Gasteiger charge is 2.64. The fourth-order valence-electron chi connectivity index (χ4n) is 2.86. The summed E-state index contributed by atoms with van der Waals surface area (Å²) in [7, 11) is 0. The second-order valence-corrected chi connectivity index (χ2v) is 4.74. The van der Waals surface area contributed by atoms with Crippen LogP contribution in [0.4, 0.5) is 0 Å². The Bertz CT molecular complexity index is 492. The number of carbonyl (C=O) groups is 2. The second kappa shape index (κ2) is 2.94. The Balaban J connectivity index is 2.00. The van der Waals surface area contributed by atoms with Gasteiger partial charge in [-0.2, -0.15) is 0 Å². The van der Waals surface area contributed by atoms with Gasteiger partial charge in [0.05, 0.1) is 5.92 Å². The van der Waals surface area contributed by atoms with Crippen LogP contribution in [0.25, 0.3) is 0 Å². The van der Waals surface area contributed by atoms with Gasteiger partial charge in [-0.3, -0.25) is 9.59 Å². The molecule has 1 aromatic rings. The quantitative estimate of drug-likeness (QED) is 0.780. The molecule has 0 unspecified atom stereocenters. The maximum Gasteiger partial charge on any atom is 0.307 e. The van der Waals surface area contributed by atoms with E-state index < -0.39 is 17.3 Å². The molecule has 0 heterocycles. The number of benzene rings is 1. The van der Waals surface area contributed by atoms with E-state index in [-0.39, 0.29) is 5.78 Å². The third-order valence-corrected chi connectivity index (χ3v) is 3.93. The van der Waals surface area contributed by atoms with Crippen molar-refractivity contribution in [2.24, 2.45) is 11.3 Å². The average Bonchev–Trinajstić information content (AvgIpc) is 3.01. The molecule has 1 N–H and O–H groups in total. The maximum atomic E-state index is 12.3. The second-order valence-electron chi connectivity index (χ2n) is 4.74. The van der Waals surface area contributed by atoms with Gasteiger partial charge in [0.1, 0.15) is 0 Å². The molecule has 0 aromatic heterocycles. The van der Waals surface area contributed by atoms with E-state index in [1.807, 2.05) is 24.3 Å².